The quantitative estimate of drug-likeness (QED) is 0.487. The zero-order valence-electron chi connectivity index (χ0n) is 18.5. The van der Waals surface area contributed by atoms with Crippen molar-refractivity contribution in [3.8, 4) is 17.2 Å². The number of methoxy groups -OCH3 is 3. The van der Waals surface area contributed by atoms with E-state index in [2.05, 4.69) is 0 Å². The Morgan fingerprint density at radius 2 is 1.59 bits per heavy atom. The van der Waals surface area contributed by atoms with Gasteiger partial charge in [0.2, 0.25) is 11.6 Å². The summed E-state index contributed by atoms with van der Waals surface area (Å²) >= 11 is -1.35. The molecule has 0 aliphatic carbocycles. The van der Waals surface area contributed by atoms with Crippen LogP contribution >= 0.6 is 0 Å². The number of benzene rings is 3. The maximum Gasteiger partial charge on any atom is 0.222 e. The topological polar surface area (TPSA) is 72.3 Å². The lowest BCUT2D eigenvalue weighted by Crippen LogP contribution is -2.11. The Labute approximate surface area is 191 Å². The summed E-state index contributed by atoms with van der Waals surface area (Å²) in [5, 5.41) is 0. The summed E-state index contributed by atoms with van der Waals surface area (Å²) in [4.78, 5) is 6.20. The smallest absolute Gasteiger partial charge is 0.222 e. The monoisotopic (exact) mass is 451 g/mol. The molecule has 1 aliphatic rings. The summed E-state index contributed by atoms with van der Waals surface area (Å²) in [5.74, 6) is 2.12. The molecule has 1 heterocycles. The minimum Gasteiger partial charge on any atom is -0.606 e. The molecule has 7 heteroatoms. The van der Waals surface area contributed by atoms with Crippen molar-refractivity contribution < 1.29 is 23.5 Å². The Morgan fingerprint density at radius 3 is 2.22 bits per heavy atom. The van der Waals surface area contributed by atoms with E-state index < -0.39 is 11.2 Å². The van der Waals surface area contributed by atoms with Crippen LogP contribution in [0, 0.1) is 6.92 Å². The largest absolute Gasteiger partial charge is 0.606 e. The third-order valence-electron chi connectivity index (χ3n) is 5.28. The molecule has 0 radical (unpaired) electrons. The van der Waals surface area contributed by atoms with Crippen molar-refractivity contribution in [2.45, 2.75) is 22.8 Å². The molecule has 0 spiro atoms. The van der Waals surface area contributed by atoms with E-state index in [1.54, 1.807) is 21.3 Å². The van der Waals surface area contributed by atoms with Crippen LogP contribution in [0.1, 0.15) is 22.7 Å². The van der Waals surface area contributed by atoms with Gasteiger partial charge in [0.15, 0.2) is 21.3 Å². The molecule has 2 atom stereocenters. The number of ether oxygens (including phenoxy) is 4. The first kappa shape index (κ1) is 22.0. The summed E-state index contributed by atoms with van der Waals surface area (Å²) in [6.07, 6.45) is 0. The molecule has 0 saturated carbocycles. The van der Waals surface area contributed by atoms with Gasteiger partial charge >= 0.3 is 0 Å². The number of aryl methyl sites for hydroxylation is 1. The molecule has 0 bridgehead atoms. The van der Waals surface area contributed by atoms with Crippen LogP contribution in [-0.2, 0) is 15.9 Å². The first-order valence-corrected chi connectivity index (χ1v) is 11.3. The minimum atomic E-state index is -1.35. The van der Waals surface area contributed by atoms with Crippen LogP contribution in [0.5, 0.6) is 17.2 Å². The number of rotatable bonds is 7. The van der Waals surface area contributed by atoms with Crippen LogP contribution in [0.4, 0.5) is 0 Å². The number of hydrogen-bond acceptors (Lipinski definition) is 6. The molecule has 3 aromatic rings. The zero-order chi connectivity index (χ0) is 22.7. The molecule has 0 unspecified atom stereocenters. The molecule has 0 saturated heterocycles. The fourth-order valence-electron chi connectivity index (χ4n) is 3.58. The maximum atomic E-state index is 13.3. The van der Waals surface area contributed by atoms with Gasteiger partial charge in [-0.15, -0.1) is 0 Å². The van der Waals surface area contributed by atoms with Crippen molar-refractivity contribution in [3.05, 3.63) is 77.4 Å². The Kier molecular flexibility index (Phi) is 6.58. The average Bonchev–Trinajstić information content (AvgIpc) is 3.33. The highest BCUT2D eigenvalue weighted by Crippen LogP contribution is 2.41. The van der Waals surface area contributed by atoms with Crippen LogP contribution in [0.25, 0.3) is 0 Å². The molecule has 0 fully saturated rings. The van der Waals surface area contributed by atoms with Crippen LogP contribution < -0.4 is 14.2 Å². The van der Waals surface area contributed by atoms with E-state index in [0.29, 0.717) is 34.6 Å². The Bertz CT molecular complexity index is 1100. The molecule has 6 nitrogen and oxygen atoms in total. The predicted molar refractivity (Wildman–Crippen MR) is 124 cm³/mol. The van der Waals surface area contributed by atoms with Gasteiger partial charge in [0.05, 0.1) is 26.9 Å². The highest BCUT2D eigenvalue weighted by Gasteiger charge is 2.29. The molecule has 0 aromatic heterocycles. The van der Waals surface area contributed by atoms with E-state index in [-0.39, 0.29) is 6.04 Å². The maximum absolute atomic E-state index is 13.3. The summed E-state index contributed by atoms with van der Waals surface area (Å²) in [7, 11) is 4.73. The Hall–Kier alpha value is -3.16. The average molecular weight is 452 g/mol. The molecular formula is C25H25NO5S. The number of nitrogens with zero attached hydrogens (tertiary/aromatic N) is 1. The lowest BCUT2D eigenvalue weighted by molar-refractivity contribution is 0.312. The van der Waals surface area contributed by atoms with Crippen LogP contribution in [-0.4, -0.2) is 38.4 Å². The normalized spacial score (nSPS) is 16.2. The Morgan fingerprint density at radius 1 is 0.938 bits per heavy atom. The lowest BCUT2D eigenvalue weighted by atomic mass is 10.1. The summed E-state index contributed by atoms with van der Waals surface area (Å²) in [6.45, 7) is 2.37. The second-order valence-corrected chi connectivity index (χ2v) is 8.75. The molecule has 32 heavy (non-hydrogen) atoms. The molecule has 4 rings (SSSR count). The van der Waals surface area contributed by atoms with Gasteiger partial charge < -0.3 is 23.5 Å². The zero-order valence-corrected chi connectivity index (χ0v) is 19.3. The molecule has 166 valence electrons. The van der Waals surface area contributed by atoms with Gasteiger partial charge in [-0.25, -0.2) is 4.99 Å². The second kappa shape index (κ2) is 9.54. The molecular weight excluding hydrogens is 426 g/mol. The van der Waals surface area contributed by atoms with E-state index in [1.807, 2.05) is 67.6 Å². The van der Waals surface area contributed by atoms with Gasteiger partial charge in [-0.1, -0.05) is 29.8 Å². The van der Waals surface area contributed by atoms with Crippen LogP contribution in [0.2, 0.25) is 0 Å². The SMILES string of the molecule is COc1cc([C@H]2COC(c3ccccc3[S@@+]([O-])c3ccc(C)cc3)=N2)cc(OC)c1OC. The minimum absolute atomic E-state index is 0.250. The van der Waals surface area contributed by atoms with Crippen LogP contribution in [0.3, 0.4) is 0 Å². The summed E-state index contributed by atoms with van der Waals surface area (Å²) < 4.78 is 35.6. The van der Waals surface area contributed by atoms with Gasteiger partial charge in [0.25, 0.3) is 0 Å². The molecule has 1 aliphatic heterocycles. The van der Waals surface area contributed by atoms with Crippen LogP contribution in [0.15, 0.2) is 75.4 Å². The lowest BCUT2D eigenvalue weighted by Gasteiger charge is -2.15. The van der Waals surface area contributed by atoms with E-state index in [1.165, 1.54) is 0 Å². The first-order chi connectivity index (χ1) is 15.5. The van der Waals surface area contributed by atoms with Crippen molar-refractivity contribution in [2.75, 3.05) is 27.9 Å². The first-order valence-electron chi connectivity index (χ1n) is 10.1. The highest BCUT2D eigenvalue weighted by molar-refractivity contribution is 7.91. The van der Waals surface area contributed by atoms with Crippen molar-refractivity contribution in [1.82, 2.24) is 0 Å². The van der Waals surface area contributed by atoms with Crippen molar-refractivity contribution in [3.63, 3.8) is 0 Å². The highest BCUT2D eigenvalue weighted by atomic mass is 32.2. The fraction of sp³-hybridized carbons (Fsp3) is 0.240. The van der Waals surface area contributed by atoms with Crippen molar-refractivity contribution in [2.24, 2.45) is 4.99 Å². The third kappa shape index (κ3) is 4.26. The van der Waals surface area contributed by atoms with E-state index in [9.17, 15) is 4.55 Å². The fourth-order valence-corrected chi connectivity index (χ4v) is 4.77. The number of hydrogen-bond donors (Lipinski definition) is 0. The molecule has 0 N–H and O–H groups in total. The van der Waals surface area contributed by atoms with Crippen molar-refractivity contribution >= 4 is 17.1 Å². The van der Waals surface area contributed by atoms with Gasteiger partial charge in [-0.3, -0.25) is 0 Å². The summed E-state index contributed by atoms with van der Waals surface area (Å²) in [6, 6.07) is 18.7. The number of aliphatic imine (C=N–C) groups is 1. The Balaban J connectivity index is 1.68. The van der Waals surface area contributed by atoms with Gasteiger partial charge in [0.1, 0.15) is 12.6 Å². The van der Waals surface area contributed by atoms with E-state index in [4.69, 9.17) is 23.9 Å². The standard InChI is InChI=1S/C25H25NO5S/c1-16-9-11-18(12-10-16)32(27)23-8-6-5-7-19(23)25-26-20(15-31-25)17-13-21(28-2)24(30-4)22(14-17)29-3/h5-14,20H,15H2,1-4H3/t20-,32+/m1/s1. The van der Waals surface area contributed by atoms with Gasteiger partial charge in [0, 0.05) is 11.2 Å². The van der Waals surface area contributed by atoms with Crippen molar-refractivity contribution in [1.29, 1.82) is 0 Å². The van der Waals surface area contributed by atoms with Gasteiger partial charge in [-0.2, -0.15) is 0 Å². The van der Waals surface area contributed by atoms with E-state index >= 15 is 0 Å². The molecule has 3 aromatic carbocycles. The van der Waals surface area contributed by atoms with E-state index in [0.717, 1.165) is 21.6 Å². The van der Waals surface area contributed by atoms with Gasteiger partial charge in [-0.05, 0) is 48.9 Å². The predicted octanol–water partition coefficient (Wildman–Crippen LogP) is 4.71. The summed E-state index contributed by atoms with van der Waals surface area (Å²) in [5.41, 5.74) is 2.73. The third-order valence-corrected chi connectivity index (χ3v) is 6.73. The molecule has 0 amide bonds. The second-order valence-electron chi connectivity index (χ2n) is 7.30.